The average molecular weight is 229 g/mol. The molecule has 0 aliphatic carbocycles. The highest BCUT2D eigenvalue weighted by Gasteiger charge is 2.18. The zero-order valence-electron chi connectivity index (χ0n) is 9.80. The first-order chi connectivity index (χ1) is 6.79. The molecule has 0 bridgehead atoms. The van der Waals surface area contributed by atoms with Crippen molar-refractivity contribution in [2.75, 3.05) is 19.5 Å². The Morgan fingerprint density at radius 3 is 2.33 bits per heavy atom. The minimum absolute atomic E-state index is 0.104. The molecule has 0 unspecified atom stereocenters. The SMILES string of the molecule is CN(C)Nc1cc(Cl)nc(C(C)(C)C)n1. The molecular weight excluding hydrogens is 212 g/mol. The van der Waals surface area contributed by atoms with E-state index in [1.807, 2.05) is 19.1 Å². The van der Waals surface area contributed by atoms with Crippen molar-refractivity contribution in [2.24, 2.45) is 0 Å². The summed E-state index contributed by atoms with van der Waals surface area (Å²) in [5.74, 6) is 1.45. The van der Waals surface area contributed by atoms with Crippen LogP contribution < -0.4 is 5.43 Å². The van der Waals surface area contributed by atoms with Gasteiger partial charge in [0.25, 0.3) is 0 Å². The molecule has 84 valence electrons. The van der Waals surface area contributed by atoms with Gasteiger partial charge in [-0.05, 0) is 0 Å². The van der Waals surface area contributed by atoms with Crippen molar-refractivity contribution >= 4 is 17.4 Å². The molecule has 5 heteroatoms. The Bertz CT molecular complexity index is 344. The number of hydrogen-bond donors (Lipinski definition) is 1. The predicted molar refractivity (Wildman–Crippen MR) is 63.1 cm³/mol. The van der Waals surface area contributed by atoms with Gasteiger partial charge in [-0.25, -0.2) is 15.0 Å². The summed E-state index contributed by atoms with van der Waals surface area (Å²) in [6, 6.07) is 1.71. The summed E-state index contributed by atoms with van der Waals surface area (Å²) in [6.45, 7) is 6.16. The van der Waals surface area contributed by atoms with Gasteiger partial charge in [-0.15, -0.1) is 0 Å². The highest BCUT2D eigenvalue weighted by atomic mass is 35.5. The summed E-state index contributed by atoms with van der Waals surface area (Å²) in [5.41, 5.74) is 2.95. The molecule has 1 N–H and O–H groups in total. The maximum absolute atomic E-state index is 5.93. The van der Waals surface area contributed by atoms with Crippen molar-refractivity contribution in [1.29, 1.82) is 0 Å². The van der Waals surface area contributed by atoms with E-state index >= 15 is 0 Å². The topological polar surface area (TPSA) is 41.0 Å². The van der Waals surface area contributed by atoms with Gasteiger partial charge in [0.05, 0.1) is 0 Å². The number of aromatic nitrogens is 2. The fraction of sp³-hybridized carbons (Fsp3) is 0.600. The normalized spacial score (nSPS) is 11.9. The van der Waals surface area contributed by atoms with Crippen LogP contribution in [-0.4, -0.2) is 29.1 Å². The van der Waals surface area contributed by atoms with E-state index in [0.717, 1.165) is 5.82 Å². The lowest BCUT2D eigenvalue weighted by Gasteiger charge is -2.19. The highest BCUT2D eigenvalue weighted by molar-refractivity contribution is 6.29. The Morgan fingerprint density at radius 2 is 1.87 bits per heavy atom. The summed E-state index contributed by atoms with van der Waals surface area (Å²) < 4.78 is 0. The third-order valence-corrected chi connectivity index (χ3v) is 1.90. The number of anilines is 1. The van der Waals surface area contributed by atoms with Crippen molar-refractivity contribution in [1.82, 2.24) is 15.0 Å². The average Bonchev–Trinajstić information content (AvgIpc) is 1.99. The van der Waals surface area contributed by atoms with Crippen LogP contribution in [0.5, 0.6) is 0 Å². The molecule has 1 heterocycles. The summed E-state index contributed by atoms with van der Waals surface area (Å²) in [6.07, 6.45) is 0. The van der Waals surface area contributed by atoms with Crippen LogP contribution in [0.1, 0.15) is 26.6 Å². The summed E-state index contributed by atoms with van der Waals surface area (Å²) >= 11 is 5.93. The highest BCUT2D eigenvalue weighted by Crippen LogP contribution is 2.22. The minimum atomic E-state index is -0.104. The Kier molecular flexibility index (Phi) is 3.52. The largest absolute Gasteiger partial charge is 0.303 e. The van der Waals surface area contributed by atoms with Crippen molar-refractivity contribution in [3.05, 3.63) is 17.0 Å². The Labute approximate surface area is 95.6 Å². The van der Waals surface area contributed by atoms with Crippen LogP contribution in [-0.2, 0) is 5.41 Å². The standard InChI is InChI=1S/C10H17ClN4/c1-10(2,3)9-12-7(11)6-8(13-9)14-15(4)5/h6H,1-5H3,(H,12,13,14). The monoisotopic (exact) mass is 228 g/mol. The molecule has 15 heavy (non-hydrogen) atoms. The van der Waals surface area contributed by atoms with Gasteiger partial charge in [0.15, 0.2) is 0 Å². The Hall–Kier alpha value is -0.870. The van der Waals surface area contributed by atoms with Crippen LogP contribution in [0.4, 0.5) is 5.82 Å². The van der Waals surface area contributed by atoms with Crippen LogP contribution >= 0.6 is 11.6 Å². The summed E-state index contributed by atoms with van der Waals surface area (Å²) in [5, 5.41) is 2.27. The number of nitrogens with zero attached hydrogens (tertiary/aromatic N) is 3. The van der Waals surface area contributed by atoms with E-state index in [4.69, 9.17) is 11.6 Å². The van der Waals surface area contributed by atoms with E-state index in [2.05, 4.69) is 36.2 Å². The number of nitrogens with one attached hydrogen (secondary N) is 1. The first-order valence-corrected chi connectivity index (χ1v) is 5.16. The fourth-order valence-corrected chi connectivity index (χ4v) is 1.22. The summed E-state index contributed by atoms with van der Waals surface area (Å²) in [7, 11) is 3.79. The molecule has 0 saturated heterocycles. The van der Waals surface area contributed by atoms with E-state index in [1.54, 1.807) is 6.07 Å². The molecule has 0 aliphatic rings. The van der Waals surface area contributed by atoms with Gasteiger partial charge in [0.1, 0.15) is 16.8 Å². The second-order valence-electron chi connectivity index (χ2n) is 4.66. The first-order valence-electron chi connectivity index (χ1n) is 4.78. The molecule has 1 aromatic rings. The maximum Gasteiger partial charge on any atom is 0.145 e. The molecule has 0 saturated carbocycles. The van der Waals surface area contributed by atoms with Crippen LogP contribution in [0.3, 0.4) is 0 Å². The number of rotatable bonds is 2. The van der Waals surface area contributed by atoms with Crippen molar-refractivity contribution in [3.8, 4) is 0 Å². The third kappa shape index (κ3) is 3.64. The number of hydrazine groups is 1. The van der Waals surface area contributed by atoms with E-state index < -0.39 is 0 Å². The van der Waals surface area contributed by atoms with Gasteiger partial charge in [0.2, 0.25) is 0 Å². The van der Waals surface area contributed by atoms with Crippen molar-refractivity contribution < 1.29 is 0 Å². The van der Waals surface area contributed by atoms with Gasteiger partial charge in [-0.2, -0.15) is 0 Å². The molecule has 0 aliphatic heterocycles. The van der Waals surface area contributed by atoms with E-state index in [1.165, 1.54) is 0 Å². The van der Waals surface area contributed by atoms with Crippen LogP contribution in [0.15, 0.2) is 6.07 Å². The first kappa shape index (κ1) is 12.2. The quantitative estimate of drug-likeness (QED) is 0.623. The molecule has 0 fully saturated rings. The van der Waals surface area contributed by atoms with E-state index in [0.29, 0.717) is 11.0 Å². The molecule has 0 amide bonds. The molecular formula is C10H17ClN4. The summed E-state index contributed by atoms with van der Waals surface area (Å²) in [4.78, 5) is 8.60. The van der Waals surface area contributed by atoms with Gasteiger partial charge in [-0.1, -0.05) is 32.4 Å². The Morgan fingerprint density at radius 1 is 1.27 bits per heavy atom. The van der Waals surface area contributed by atoms with E-state index in [9.17, 15) is 0 Å². The van der Waals surface area contributed by atoms with Gasteiger partial charge in [-0.3, -0.25) is 0 Å². The number of halogens is 1. The molecule has 0 spiro atoms. The predicted octanol–water partition coefficient (Wildman–Crippen LogP) is 2.32. The molecule has 1 aromatic heterocycles. The second-order valence-corrected chi connectivity index (χ2v) is 5.04. The van der Waals surface area contributed by atoms with Crippen LogP contribution in [0, 0.1) is 0 Å². The van der Waals surface area contributed by atoms with Gasteiger partial charge < -0.3 is 5.43 Å². The van der Waals surface area contributed by atoms with Crippen LogP contribution in [0.2, 0.25) is 5.15 Å². The molecule has 0 aromatic carbocycles. The zero-order chi connectivity index (χ0) is 11.6. The fourth-order valence-electron chi connectivity index (χ4n) is 1.04. The second kappa shape index (κ2) is 4.33. The van der Waals surface area contributed by atoms with Crippen molar-refractivity contribution in [2.45, 2.75) is 26.2 Å². The van der Waals surface area contributed by atoms with Crippen molar-refractivity contribution in [3.63, 3.8) is 0 Å². The van der Waals surface area contributed by atoms with Gasteiger partial charge >= 0.3 is 0 Å². The maximum atomic E-state index is 5.93. The van der Waals surface area contributed by atoms with Crippen LogP contribution in [0.25, 0.3) is 0 Å². The lowest BCUT2D eigenvalue weighted by molar-refractivity contribution is 0.487. The zero-order valence-corrected chi connectivity index (χ0v) is 10.6. The Balaban J connectivity index is 3.06. The lowest BCUT2D eigenvalue weighted by Crippen LogP contribution is -2.23. The molecule has 4 nitrogen and oxygen atoms in total. The lowest BCUT2D eigenvalue weighted by atomic mass is 9.96. The minimum Gasteiger partial charge on any atom is -0.303 e. The number of hydrogen-bond acceptors (Lipinski definition) is 4. The smallest absolute Gasteiger partial charge is 0.145 e. The molecule has 0 atom stereocenters. The molecule has 1 rings (SSSR count). The van der Waals surface area contributed by atoms with Gasteiger partial charge in [0, 0.05) is 25.6 Å². The molecule has 0 radical (unpaired) electrons. The third-order valence-electron chi connectivity index (χ3n) is 1.70. The van der Waals surface area contributed by atoms with E-state index in [-0.39, 0.29) is 5.41 Å².